The van der Waals surface area contributed by atoms with Gasteiger partial charge in [0, 0.05) is 25.5 Å². The Kier molecular flexibility index (Phi) is 3.32. The van der Waals surface area contributed by atoms with E-state index in [0.29, 0.717) is 12.6 Å². The van der Waals surface area contributed by atoms with Crippen molar-refractivity contribution in [1.82, 2.24) is 14.7 Å². The molecule has 2 aliphatic rings. The van der Waals surface area contributed by atoms with Gasteiger partial charge < -0.3 is 9.64 Å². The van der Waals surface area contributed by atoms with Crippen LogP contribution in [0.3, 0.4) is 0 Å². The van der Waals surface area contributed by atoms with Gasteiger partial charge >= 0.3 is 0 Å². The predicted molar refractivity (Wildman–Crippen MR) is 65.9 cm³/mol. The van der Waals surface area contributed by atoms with Crippen LogP contribution >= 0.6 is 0 Å². The van der Waals surface area contributed by atoms with E-state index in [1.807, 2.05) is 21.8 Å². The van der Waals surface area contributed by atoms with E-state index in [0.717, 1.165) is 39.0 Å². The van der Waals surface area contributed by atoms with E-state index in [4.69, 9.17) is 4.74 Å². The van der Waals surface area contributed by atoms with Crippen molar-refractivity contribution in [3.8, 4) is 0 Å². The summed E-state index contributed by atoms with van der Waals surface area (Å²) in [5.74, 6) is 0.366. The van der Waals surface area contributed by atoms with E-state index in [9.17, 15) is 4.79 Å². The normalized spacial score (nSPS) is 27.9. The Labute approximate surface area is 107 Å². The molecule has 5 nitrogen and oxygen atoms in total. The number of likely N-dealkylation sites (tertiary alicyclic amines) is 1. The van der Waals surface area contributed by atoms with E-state index >= 15 is 0 Å². The van der Waals surface area contributed by atoms with Crippen molar-refractivity contribution >= 4 is 5.91 Å². The summed E-state index contributed by atoms with van der Waals surface area (Å²) in [6.45, 7) is 3.03. The van der Waals surface area contributed by atoms with Crippen molar-refractivity contribution in [3.05, 3.63) is 18.5 Å². The second-order valence-corrected chi connectivity index (χ2v) is 5.12. The first-order valence-corrected chi connectivity index (χ1v) is 6.70. The van der Waals surface area contributed by atoms with Crippen LogP contribution in [0.1, 0.15) is 19.3 Å². The number of nitrogens with zero attached hydrogens (tertiary/aromatic N) is 3. The fourth-order valence-electron chi connectivity index (χ4n) is 2.90. The molecule has 0 bridgehead atoms. The molecule has 1 amide bonds. The van der Waals surface area contributed by atoms with Crippen LogP contribution in [0.5, 0.6) is 0 Å². The van der Waals surface area contributed by atoms with Crippen molar-refractivity contribution in [1.29, 1.82) is 0 Å². The molecular formula is C13H19N3O2. The first-order valence-electron chi connectivity index (χ1n) is 6.70. The standard InChI is InChI=1S/C13H19N3O2/c17-13(11-4-8-18-10-11)16-7-1-3-12(16)9-15-6-2-5-14-15/h2,5-6,11-12H,1,3-4,7-10H2. The highest BCUT2D eigenvalue weighted by atomic mass is 16.5. The molecule has 0 radical (unpaired) electrons. The average molecular weight is 249 g/mol. The largest absolute Gasteiger partial charge is 0.381 e. The summed E-state index contributed by atoms with van der Waals surface area (Å²) in [5, 5.41) is 4.23. The molecule has 0 N–H and O–H groups in total. The predicted octanol–water partition coefficient (Wildman–Crippen LogP) is 0.911. The van der Waals surface area contributed by atoms with Crippen molar-refractivity contribution in [2.45, 2.75) is 31.8 Å². The highest BCUT2D eigenvalue weighted by Gasteiger charge is 2.34. The molecule has 3 heterocycles. The Hall–Kier alpha value is -1.36. The molecule has 1 aromatic heterocycles. The average Bonchev–Trinajstić information content (AvgIpc) is 3.12. The Balaban J connectivity index is 1.65. The number of rotatable bonds is 3. The lowest BCUT2D eigenvalue weighted by atomic mass is 10.1. The van der Waals surface area contributed by atoms with Crippen molar-refractivity contribution in [3.63, 3.8) is 0 Å². The summed E-state index contributed by atoms with van der Waals surface area (Å²) >= 11 is 0. The molecule has 18 heavy (non-hydrogen) atoms. The third-order valence-electron chi connectivity index (χ3n) is 3.90. The van der Waals surface area contributed by atoms with Gasteiger partial charge in [-0.05, 0) is 25.3 Å². The molecule has 0 aliphatic carbocycles. The van der Waals surface area contributed by atoms with E-state index in [-0.39, 0.29) is 11.8 Å². The summed E-state index contributed by atoms with van der Waals surface area (Å²) in [4.78, 5) is 14.4. The third kappa shape index (κ3) is 2.27. The van der Waals surface area contributed by atoms with Crippen LogP contribution in [0.4, 0.5) is 0 Å². The van der Waals surface area contributed by atoms with Crippen molar-refractivity contribution in [2.75, 3.05) is 19.8 Å². The number of carbonyl (C=O) groups is 1. The number of hydrogen-bond donors (Lipinski definition) is 0. The van der Waals surface area contributed by atoms with Crippen LogP contribution in [0.15, 0.2) is 18.5 Å². The van der Waals surface area contributed by atoms with Gasteiger partial charge in [0.25, 0.3) is 0 Å². The van der Waals surface area contributed by atoms with E-state index in [1.165, 1.54) is 0 Å². The minimum absolute atomic E-state index is 0.0863. The minimum Gasteiger partial charge on any atom is -0.381 e. The zero-order chi connectivity index (χ0) is 12.4. The zero-order valence-electron chi connectivity index (χ0n) is 10.5. The van der Waals surface area contributed by atoms with Crippen LogP contribution in [0.25, 0.3) is 0 Å². The molecular weight excluding hydrogens is 230 g/mol. The Morgan fingerprint density at radius 1 is 1.44 bits per heavy atom. The smallest absolute Gasteiger partial charge is 0.228 e. The molecule has 2 aliphatic heterocycles. The summed E-state index contributed by atoms with van der Waals surface area (Å²) in [5.41, 5.74) is 0. The van der Waals surface area contributed by atoms with Gasteiger partial charge in [-0.2, -0.15) is 5.10 Å². The molecule has 2 atom stereocenters. The summed E-state index contributed by atoms with van der Waals surface area (Å²) < 4.78 is 7.23. The number of ether oxygens (including phenoxy) is 1. The van der Waals surface area contributed by atoms with Crippen LogP contribution in [-0.4, -0.2) is 46.4 Å². The molecule has 3 rings (SSSR count). The van der Waals surface area contributed by atoms with Crippen LogP contribution < -0.4 is 0 Å². The fourth-order valence-corrected chi connectivity index (χ4v) is 2.90. The molecule has 2 saturated heterocycles. The van der Waals surface area contributed by atoms with Crippen LogP contribution in [-0.2, 0) is 16.1 Å². The van der Waals surface area contributed by atoms with Gasteiger partial charge in [0.1, 0.15) is 0 Å². The van der Waals surface area contributed by atoms with Crippen LogP contribution in [0.2, 0.25) is 0 Å². The second-order valence-electron chi connectivity index (χ2n) is 5.12. The first kappa shape index (κ1) is 11.7. The van der Waals surface area contributed by atoms with Gasteiger partial charge in [0.15, 0.2) is 0 Å². The lowest BCUT2D eigenvalue weighted by molar-refractivity contribution is -0.136. The maximum Gasteiger partial charge on any atom is 0.228 e. The quantitative estimate of drug-likeness (QED) is 0.800. The molecule has 98 valence electrons. The zero-order valence-corrected chi connectivity index (χ0v) is 10.5. The maximum absolute atomic E-state index is 12.4. The minimum atomic E-state index is 0.0863. The summed E-state index contributed by atoms with van der Waals surface area (Å²) in [6, 6.07) is 2.23. The second kappa shape index (κ2) is 5.10. The molecule has 0 spiro atoms. The molecule has 0 saturated carbocycles. The molecule has 0 aromatic carbocycles. The number of carbonyl (C=O) groups excluding carboxylic acids is 1. The Morgan fingerprint density at radius 2 is 2.39 bits per heavy atom. The highest BCUT2D eigenvalue weighted by molar-refractivity contribution is 5.79. The number of aromatic nitrogens is 2. The van der Waals surface area contributed by atoms with Gasteiger partial charge in [-0.25, -0.2) is 0 Å². The molecule has 1 aromatic rings. The lowest BCUT2D eigenvalue weighted by Crippen LogP contribution is -2.41. The third-order valence-corrected chi connectivity index (χ3v) is 3.90. The Morgan fingerprint density at radius 3 is 3.11 bits per heavy atom. The van der Waals surface area contributed by atoms with E-state index < -0.39 is 0 Å². The SMILES string of the molecule is O=C(C1CCOC1)N1CCCC1Cn1cccn1. The first-order chi connectivity index (χ1) is 8.84. The lowest BCUT2D eigenvalue weighted by Gasteiger charge is -2.27. The Bertz CT molecular complexity index is 398. The summed E-state index contributed by atoms with van der Waals surface area (Å²) in [6.07, 6.45) is 6.81. The maximum atomic E-state index is 12.4. The van der Waals surface area contributed by atoms with Crippen molar-refractivity contribution < 1.29 is 9.53 Å². The molecule has 2 fully saturated rings. The highest BCUT2D eigenvalue weighted by Crippen LogP contribution is 2.24. The van der Waals surface area contributed by atoms with Crippen LogP contribution in [0, 0.1) is 5.92 Å². The van der Waals surface area contributed by atoms with Gasteiger partial charge in [-0.3, -0.25) is 9.48 Å². The van der Waals surface area contributed by atoms with Gasteiger partial charge in [0.2, 0.25) is 5.91 Å². The fraction of sp³-hybridized carbons (Fsp3) is 0.692. The van der Waals surface area contributed by atoms with E-state index in [2.05, 4.69) is 5.10 Å². The summed E-state index contributed by atoms with van der Waals surface area (Å²) in [7, 11) is 0. The molecule has 2 unspecified atom stereocenters. The monoisotopic (exact) mass is 249 g/mol. The van der Waals surface area contributed by atoms with Crippen molar-refractivity contribution in [2.24, 2.45) is 5.92 Å². The van der Waals surface area contributed by atoms with Gasteiger partial charge in [-0.15, -0.1) is 0 Å². The van der Waals surface area contributed by atoms with E-state index in [1.54, 1.807) is 6.20 Å². The van der Waals surface area contributed by atoms with Gasteiger partial charge in [0.05, 0.1) is 25.1 Å². The van der Waals surface area contributed by atoms with Gasteiger partial charge in [-0.1, -0.05) is 0 Å². The topological polar surface area (TPSA) is 47.4 Å². The number of hydrogen-bond acceptors (Lipinski definition) is 3. The molecule has 5 heteroatoms. The number of amides is 1.